The van der Waals surface area contributed by atoms with Crippen molar-refractivity contribution in [3.8, 4) is 0 Å². The van der Waals surface area contributed by atoms with Crippen LogP contribution in [-0.4, -0.2) is 77.6 Å². The molecule has 2 aliphatic rings. The van der Waals surface area contributed by atoms with Gasteiger partial charge < -0.3 is 25.4 Å². The van der Waals surface area contributed by atoms with Gasteiger partial charge in [-0.25, -0.2) is 0 Å². The van der Waals surface area contributed by atoms with Crippen molar-refractivity contribution >= 4 is 17.8 Å². The maximum absolute atomic E-state index is 12.4. The fourth-order valence-electron chi connectivity index (χ4n) is 2.52. The first-order valence-electron chi connectivity index (χ1n) is 6.65. The summed E-state index contributed by atoms with van der Waals surface area (Å²) in [7, 11) is 0. The highest BCUT2D eigenvalue weighted by Crippen LogP contribution is 2.18. The van der Waals surface area contributed by atoms with Crippen molar-refractivity contribution in [1.82, 2.24) is 9.80 Å². The second-order valence-electron chi connectivity index (χ2n) is 4.98. The van der Waals surface area contributed by atoms with Crippen molar-refractivity contribution in [3.63, 3.8) is 0 Å². The number of hydrogen-bond acceptors (Lipinski definition) is 5. The van der Waals surface area contributed by atoms with Crippen LogP contribution in [-0.2, 0) is 19.1 Å². The fourth-order valence-corrected chi connectivity index (χ4v) is 2.52. The molecule has 0 aromatic rings. The largest absolute Gasteiger partial charge is 0.481 e. The summed E-state index contributed by atoms with van der Waals surface area (Å²) in [4.78, 5) is 38.2. The van der Waals surface area contributed by atoms with E-state index < -0.39 is 24.5 Å². The SMILES string of the molecule is N[C@H]1CCN([C@@H](CC(=O)O)C(=O)N2CCOCC2)C1=O. The summed E-state index contributed by atoms with van der Waals surface area (Å²) in [6.07, 6.45) is 0.0555. The topological polar surface area (TPSA) is 113 Å². The zero-order valence-electron chi connectivity index (χ0n) is 11.2. The van der Waals surface area contributed by atoms with Crippen molar-refractivity contribution < 1.29 is 24.2 Å². The Morgan fingerprint density at radius 3 is 2.50 bits per heavy atom. The highest BCUT2D eigenvalue weighted by molar-refractivity contribution is 5.93. The number of hydrogen-bond donors (Lipinski definition) is 2. The molecule has 20 heavy (non-hydrogen) atoms. The first-order chi connectivity index (χ1) is 9.50. The number of carboxylic acids is 1. The highest BCUT2D eigenvalue weighted by Gasteiger charge is 2.40. The summed E-state index contributed by atoms with van der Waals surface area (Å²) in [6.45, 7) is 2.03. The Bertz CT molecular complexity index is 408. The Labute approximate surface area is 116 Å². The van der Waals surface area contributed by atoms with Gasteiger partial charge in [-0.3, -0.25) is 14.4 Å². The van der Waals surface area contributed by atoms with Gasteiger partial charge in [0.1, 0.15) is 6.04 Å². The second kappa shape index (κ2) is 6.19. The first-order valence-corrected chi connectivity index (χ1v) is 6.65. The average molecular weight is 285 g/mol. The molecule has 0 radical (unpaired) electrons. The molecule has 2 aliphatic heterocycles. The van der Waals surface area contributed by atoms with Crippen LogP contribution in [0, 0.1) is 0 Å². The van der Waals surface area contributed by atoms with Crippen molar-refractivity contribution in [3.05, 3.63) is 0 Å². The monoisotopic (exact) mass is 285 g/mol. The number of aliphatic carboxylic acids is 1. The summed E-state index contributed by atoms with van der Waals surface area (Å²) in [5.41, 5.74) is 5.63. The molecule has 0 aromatic heterocycles. The van der Waals surface area contributed by atoms with Gasteiger partial charge in [-0.1, -0.05) is 0 Å². The van der Waals surface area contributed by atoms with Crippen molar-refractivity contribution in [1.29, 1.82) is 0 Å². The van der Waals surface area contributed by atoms with Gasteiger partial charge in [0.15, 0.2) is 0 Å². The van der Waals surface area contributed by atoms with Crippen LogP contribution in [0.25, 0.3) is 0 Å². The van der Waals surface area contributed by atoms with Gasteiger partial charge >= 0.3 is 5.97 Å². The Kier molecular flexibility index (Phi) is 4.56. The molecule has 0 saturated carbocycles. The quantitative estimate of drug-likeness (QED) is 0.633. The molecular weight excluding hydrogens is 266 g/mol. The molecule has 112 valence electrons. The number of carboxylic acid groups (broad SMARTS) is 1. The van der Waals surface area contributed by atoms with Crippen LogP contribution in [0.1, 0.15) is 12.8 Å². The van der Waals surface area contributed by atoms with Crippen molar-refractivity contribution in [2.24, 2.45) is 5.73 Å². The minimum absolute atomic E-state index is 0.327. The van der Waals surface area contributed by atoms with E-state index in [4.69, 9.17) is 15.6 Å². The van der Waals surface area contributed by atoms with Crippen LogP contribution in [0.5, 0.6) is 0 Å². The molecule has 0 aliphatic carbocycles. The number of carbonyl (C=O) groups is 3. The Hall–Kier alpha value is -1.67. The molecule has 8 heteroatoms. The smallest absolute Gasteiger partial charge is 0.305 e. The predicted molar refractivity (Wildman–Crippen MR) is 67.7 cm³/mol. The summed E-state index contributed by atoms with van der Waals surface area (Å²) < 4.78 is 5.16. The van der Waals surface area contributed by atoms with Crippen LogP contribution in [0.2, 0.25) is 0 Å². The third kappa shape index (κ3) is 3.07. The van der Waals surface area contributed by atoms with Crippen molar-refractivity contribution in [2.75, 3.05) is 32.8 Å². The molecule has 0 unspecified atom stereocenters. The fraction of sp³-hybridized carbons (Fsp3) is 0.750. The minimum atomic E-state index is -1.11. The number of morpholine rings is 1. The zero-order valence-corrected chi connectivity index (χ0v) is 11.2. The number of ether oxygens (including phenoxy) is 1. The molecule has 2 amide bonds. The number of likely N-dealkylation sites (tertiary alicyclic amines) is 1. The molecule has 2 saturated heterocycles. The van der Waals surface area contributed by atoms with Gasteiger partial charge in [-0.2, -0.15) is 0 Å². The standard InChI is InChI=1S/C12H19N3O5/c13-8-1-2-15(11(8)18)9(7-10(16)17)12(19)14-3-5-20-6-4-14/h8-9H,1-7,13H2,(H,16,17)/t8-,9-/m0/s1. The van der Waals surface area contributed by atoms with Crippen LogP contribution >= 0.6 is 0 Å². The molecule has 2 fully saturated rings. The number of nitrogens with two attached hydrogens (primary N) is 1. The molecule has 2 atom stereocenters. The van der Waals surface area contributed by atoms with E-state index in [0.717, 1.165) is 0 Å². The molecule has 3 N–H and O–H groups in total. The number of rotatable bonds is 4. The molecule has 0 bridgehead atoms. The second-order valence-corrected chi connectivity index (χ2v) is 4.98. The lowest BCUT2D eigenvalue weighted by Crippen LogP contribution is -2.53. The summed E-state index contributed by atoms with van der Waals surface area (Å²) >= 11 is 0. The number of amides is 2. The summed E-state index contributed by atoms with van der Waals surface area (Å²) in [5, 5.41) is 8.98. The van der Waals surface area contributed by atoms with Crippen LogP contribution < -0.4 is 5.73 Å². The molecular formula is C12H19N3O5. The van der Waals surface area contributed by atoms with E-state index in [2.05, 4.69) is 0 Å². The lowest BCUT2D eigenvalue weighted by atomic mass is 10.1. The van der Waals surface area contributed by atoms with E-state index in [0.29, 0.717) is 39.3 Å². The molecule has 2 heterocycles. The van der Waals surface area contributed by atoms with Crippen LogP contribution in [0.3, 0.4) is 0 Å². The summed E-state index contributed by atoms with van der Waals surface area (Å²) in [6, 6.07) is -1.60. The maximum Gasteiger partial charge on any atom is 0.305 e. The van der Waals surface area contributed by atoms with Crippen LogP contribution in [0.15, 0.2) is 0 Å². The zero-order chi connectivity index (χ0) is 14.7. The molecule has 0 spiro atoms. The van der Waals surface area contributed by atoms with E-state index in [-0.39, 0.29) is 11.8 Å². The Morgan fingerprint density at radius 2 is 2.00 bits per heavy atom. The third-order valence-electron chi connectivity index (χ3n) is 3.63. The first kappa shape index (κ1) is 14.7. The van der Waals surface area contributed by atoms with Gasteiger partial charge in [0.05, 0.1) is 25.7 Å². The van der Waals surface area contributed by atoms with Gasteiger partial charge in [0.25, 0.3) is 0 Å². The lowest BCUT2D eigenvalue weighted by Gasteiger charge is -2.33. The van der Waals surface area contributed by atoms with E-state index in [1.807, 2.05) is 0 Å². The van der Waals surface area contributed by atoms with Gasteiger partial charge in [-0.05, 0) is 6.42 Å². The van der Waals surface area contributed by atoms with Gasteiger partial charge in [0, 0.05) is 19.6 Å². The predicted octanol–water partition coefficient (Wildman–Crippen LogP) is -1.75. The van der Waals surface area contributed by atoms with E-state index in [1.54, 1.807) is 4.90 Å². The lowest BCUT2D eigenvalue weighted by molar-refractivity contribution is -0.151. The highest BCUT2D eigenvalue weighted by atomic mass is 16.5. The van der Waals surface area contributed by atoms with E-state index in [9.17, 15) is 14.4 Å². The van der Waals surface area contributed by atoms with Gasteiger partial charge in [0.2, 0.25) is 11.8 Å². The Morgan fingerprint density at radius 1 is 1.35 bits per heavy atom. The minimum Gasteiger partial charge on any atom is -0.481 e. The molecule has 2 rings (SSSR count). The molecule has 0 aromatic carbocycles. The number of nitrogens with zero attached hydrogens (tertiary/aromatic N) is 2. The van der Waals surface area contributed by atoms with E-state index >= 15 is 0 Å². The molecule has 8 nitrogen and oxygen atoms in total. The Balaban J connectivity index is 2.12. The normalized spacial score (nSPS) is 24.9. The third-order valence-corrected chi connectivity index (χ3v) is 3.63. The maximum atomic E-state index is 12.4. The summed E-state index contributed by atoms with van der Waals surface area (Å²) in [5.74, 6) is -1.79. The number of carbonyl (C=O) groups excluding carboxylic acids is 2. The average Bonchev–Trinajstić information content (AvgIpc) is 2.76. The van der Waals surface area contributed by atoms with Gasteiger partial charge in [-0.15, -0.1) is 0 Å². The van der Waals surface area contributed by atoms with Crippen LogP contribution in [0.4, 0.5) is 0 Å². The van der Waals surface area contributed by atoms with E-state index in [1.165, 1.54) is 4.90 Å². The van der Waals surface area contributed by atoms with Crippen molar-refractivity contribution in [2.45, 2.75) is 24.9 Å².